The van der Waals surface area contributed by atoms with Crippen LogP contribution in [0.2, 0.25) is 0 Å². The number of methoxy groups -OCH3 is 1. The van der Waals surface area contributed by atoms with Gasteiger partial charge in [-0.05, 0) is 12.1 Å². The van der Waals surface area contributed by atoms with Gasteiger partial charge in [0, 0.05) is 11.8 Å². The van der Waals surface area contributed by atoms with Crippen molar-refractivity contribution in [3.05, 3.63) is 24.3 Å². The SMILES string of the molecule is COc1cccc(N2CSC(O)C2=O)c1. The number of ether oxygens (including phenoxy) is 1. The first-order valence-corrected chi connectivity index (χ1v) is 5.52. The lowest BCUT2D eigenvalue weighted by atomic mass is 10.3. The van der Waals surface area contributed by atoms with E-state index in [1.165, 1.54) is 16.7 Å². The molecule has 0 saturated carbocycles. The predicted molar refractivity (Wildman–Crippen MR) is 58.9 cm³/mol. The fourth-order valence-corrected chi connectivity index (χ4v) is 2.23. The molecule has 80 valence electrons. The Balaban J connectivity index is 2.26. The lowest BCUT2D eigenvalue weighted by Crippen LogP contribution is -2.28. The van der Waals surface area contributed by atoms with E-state index < -0.39 is 5.44 Å². The molecule has 1 aromatic rings. The molecule has 1 aromatic carbocycles. The van der Waals surface area contributed by atoms with E-state index in [-0.39, 0.29) is 5.91 Å². The van der Waals surface area contributed by atoms with Crippen LogP contribution < -0.4 is 9.64 Å². The van der Waals surface area contributed by atoms with Crippen molar-refractivity contribution in [3.8, 4) is 5.75 Å². The Hall–Kier alpha value is -1.20. The van der Waals surface area contributed by atoms with Gasteiger partial charge in [-0.15, -0.1) is 0 Å². The second-order valence-corrected chi connectivity index (χ2v) is 4.15. The number of nitrogens with zero attached hydrogens (tertiary/aromatic N) is 1. The highest BCUT2D eigenvalue weighted by Gasteiger charge is 2.31. The molecule has 0 aliphatic carbocycles. The molecule has 0 aromatic heterocycles. The van der Waals surface area contributed by atoms with Crippen LogP contribution in [0.1, 0.15) is 0 Å². The Morgan fingerprint density at radius 2 is 2.40 bits per heavy atom. The van der Waals surface area contributed by atoms with Crippen LogP contribution in [0.5, 0.6) is 5.75 Å². The van der Waals surface area contributed by atoms with E-state index in [9.17, 15) is 9.90 Å². The van der Waals surface area contributed by atoms with Crippen LogP contribution in [0.15, 0.2) is 24.3 Å². The number of hydrogen-bond acceptors (Lipinski definition) is 4. The molecule has 5 heteroatoms. The van der Waals surface area contributed by atoms with Crippen molar-refractivity contribution in [1.29, 1.82) is 0 Å². The number of carbonyl (C=O) groups is 1. The normalized spacial score (nSPS) is 20.8. The summed E-state index contributed by atoms with van der Waals surface area (Å²) in [6, 6.07) is 7.22. The van der Waals surface area contributed by atoms with Crippen LogP contribution >= 0.6 is 11.8 Å². The van der Waals surface area contributed by atoms with Crippen molar-refractivity contribution in [1.82, 2.24) is 0 Å². The van der Waals surface area contributed by atoms with Gasteiger partial charge < -0.3 is 9.84 Å². The van der Waals surface area contributed by atoms with Gasteiger partial charge in [-0.25, -0.2) is 0 Å². The summed E-state index contributed by atoms with van der Waals surface area (Å²) in [4.78, 5) is 13.1. The van der Waals surface area contributed by atoms with Gasteiger partial charge in [0.05, 0.1) is 13.0 Å². The van der Waals surface area contributed by atoms with Crippen LogP contribution in [-0.4, -0.2) is 29.4 Å². The summed E-state index contributed by atoms with van der Waals surface area (Å²) in [5.41, 5.74) is -0.181. The second-order valence-electron chi connectivity index (χ2n) is 3.12. The molecule has 0 bridgehead atoms. The quantitative estimate of drug-likeness (QED) is 0.817. The Morgan fingerprint density at radius 3 is 3.00 bits per heavy atom. The minimum Gasteiger partial charge on any atom is -0.497 e. The van der Waals surface area contributed by atoms with Gasteiger partial charge >= 0.3 is 0 Å². The number of amides is 1. The van der Waals surface area contributed by atoms with E-state index in [0.29, 0.717) is 11.6 Å². The van der Waals surface area contributed by atoms with Crippen molar-refractivity contribution in [2.45, 2.75) is 5.44 Å². The average molecular weight is 225 g/mol. The van der Waals surface area contributed by atoms with Crippen LogP contribution in [0.25, 0.3) is 0 Å². The van der Waals surface area contributed by atoms with Gasteiger partial charge in [0.25, 0.3) is 5.91 Å². The highest BCUT2D eigenvalue weighted by Crippen LogP contribution is 2.29. The molecule has 1 aliphatic heterocycles. The number of aliphatic hydroxyl groups is 1. The van der Waals surface area contributed by atoms with Gasteiger partial charge in [-0.2, -0.15) is 0 Å². The van der Waals surface area contributed by atoms with Crippen molar-refractivity contribution < 1.29 is 14.6 Å². The van der Waals surface area contributed by atoms with E-state index in [2.05, 4.69) is 0 Å². The van der Waals surface area contributed by atoms with E-state index >= 15 is 0 Å². The van der Waals surface area contributed by atoms with Gasteiger partial charge in [-0.3, -0.25) is 9.69 Å². The average Bonchev–Trinajstić information content (AvgIpc) is 2.60. The van der Waals surface area contributed by atoms with E-state index in [1.54, 1.807) is 13.2 Å². The summed E-state index contributed by atoms with van der Waals surface area (Å²) < 4.78 is 5.07. The van der Waals surface area contributed by atoms with Gasteiger partial charge in [0.1, 0.15) is 5.75 Å². The first-order valence-electron chi connectivity index (χ1n) is 4.47. The Labute approximate surface area is 91.8 Å². The first-order chi connectivity index (χ1) is 7.22. The molecule has 0 spiro atoms. The number of hydrogen-bond donors (Lipinski definition) is 1. The topological polar surface area (TPSA) is 49.8 Å². The number of carbonyl (C=O) groups excluding carboxylic acids is 1. The van der Waals surface area contributed by atoms with Gasteiger partial charge in [0.15, 0.2) is 5.44 Å². The number of benzene rings is 1. The van der Waals surface area contributed by atoms with Crippen LogP contribution in [0.3, 0.4) is 0 Å². The Kier molecular flexibility index (Phi) is 2.83. The molecule has 15 heavy (non-hydrogen) atoms. The maximum atomic E-state index is 11.5. The zero-order valence-corrected chi connectivity index (χ0v) is 9.03. The summed E-state index contributed by atoms with van der Waals surface area (Å²) in [6.45, 7) is 0. The predicted octanol–water partition coefficient (Wildman–Crippen LogP) is 1.05. The monoisotopic (exact) mass is 225 g/mol. The summed E-state index contributed by atoms with van der Waals surface area (Å²) in [5.74, 6) is 0.910. The molecule has 0 radical (unpaired) electrons. The maximum Gasteiger partial charge on any atom is 0.267 e. The van der Waals surface area contributed by atoms with Crippen molar-refractivity contribution in [2.75, 3.05) is 17.9 Å². The largest absolute Gasteiger partial charge is 0.497 e. The molecule has 1 N–H and O–H groups in total. The third-order valence-electron chi connectivity index (χ3n) is 2.20. The van der Waals surface area contributed by atoms with Crippen molar-refractivity contribution in [3.63, 3.8) is 0 Å². The molecule has 1 aliphatic rings. The molecule has 1 atom stereocenters. The molecule has 4 nitrogen and oxygen atoms in total. The van der Waals surface area contributed by atoms with E-state index in [4.69, 9.17) is 4.74 Å². The minimum atomic E-state index is -0.934. The van der Waals surface area contributed by atoms with Crippen LogP contribution in [0, 0.1) is 0 Å². The Bertz CT molecular complexity index is 383. The van der Waals surface area contributed by atoms with Gasteiger partial charge in [-0.1, -0.05) is 17.8 Å². The fraction of sp³-hybridized carbons (Fsp3) is 0.300. The molecule has 1 unspecified atom stereocenters. The molecule has 1 saturated heterocycles. The second kappa shape index (κ2) is 4.12. The van der Waals surface area contributed by atoms with Gasteiger partial charge in [0.2, 0.25) is 0 Å². The maximum absolute atomic E-state index is 11.5. The first kappa shape index (κ1) is 10.3. The summed E-state index contributed by atoms with van der Waals surface area (Å²) in [7, 11) is 1.58. The highest BCUT2D eigenvalue weighted by molar-refractivity contribution is 8.01. The lowest BCUT2D eigenvalue weighted by molar-refractivity contribution is -0.121. The number of aliphatic hydroxyl groups excluding tert-OH is 1. The highest BCUT2D eigenvalue weighted by atomic mass is 32.2. The van der Waals surface area contributed by atoms with Crippen molar-refractivity contribution >= 4 is 23.4 Å². The molecular weight excluding hydrogens is 214 g/mol. The zero-order chi connectivity index (χ0) is 10.8. The molecule has 2 rings (SSSR count). The molecular formula is C10H11NO3S. The zero-order valence-electron chi connectivity index (χ0n) is 8.21. The Morgan fingerprint density at radius 1 is 1.60 bits per heavy atom. The van der Waals surface area contributed by atoms with Crippen LogP contribution in [0.4, 0.5) is 5.69 Å². The standard InChI is InChI=1S/C10H11NO3S/c1-14-8-4-2-3-7(5-8)11-6-15-10(13)9(11)12/h2-5,10,13H,6H2,1H3. The molecule has 1 heterocycles. The number of rotatable bonds is 2. The summed E-state index contributed by atoms with van der Waals surface area (Å²) >= 11 is 1.21. The number of anilines is 1. The number of thioether (sulfide) groups is 1. The minimum absolute atomic E-state index is 0.270. The van der Waals surface area contributed by atoms with E-state index in [0.717, 1.165) is 5.69 Å². The third kappa shape index (κ3) is 1.93. The lowest BCUT2D eigenvalue weighted by Gasteiger charge is -2.15. The third-order valence-corrected chi connectivity index (χ3v) is 3.13. The molecule has 1 amide bonds. The van der Waals surface area contributed by atoms with E-state index in [1.807, 2.05) is 18.2 Å². The fourth-order valence-electron chi connectivity index (χ4n) is 1.39. The summed E-state index contributed by atoms with van der Waals surface area (Å²) in [5, 5.41) is 9.30. The molecule has 1 fully saturated rings. The smallest absolute Gasteiger partial charge is 0.267 e. The van der Waals surface area contributed by atoms with Crippen LogP contribution in [-0.2, 0) is 4.79 Å². The van der Waals surface area contributed by atoms with Crippen molar-refractivity contribution in [2.24, 2.45) is 0 Å². The summed E-state index contributed by atoms with van der Waals surface area (Å²) in [6.07, 6.45) is 0.